The number of nitrogens with one attached hydrogen (secondary N) is 1. The van der Waals surface area contributed by atoms with Gasteiger partial charge in [-0.15, -0.1) is 0 Å². The van der Waals surface area contributed by atoms with Gasteiger partial charge in [-0.2, -0.15) is 0 Å². The van der Waals surface area contributed by atoms with Crippen molar-refractivity contribution in [3.8, 4) is 5.75 Å². The molecule has 0 aliphatic carbocycles. The number of methoxy groups -OCH3 is 1. The maximum absolute atomic E-state index is 5.36. The first kappa shape index (κ1) is 11.2. The molecule has 4 heteroatoms. The molecule has 4 nitrogen and oxygen atoms in total. The molecule has 0 amide bonds. The maximum atomic E-state index is 5.36. The van der Waals surface area contributed by atoms with E-state index in [0.717, 1.165) is 30.2 Å². The number of likely N-dealkylation sites (N-methyl/N-ethyl adjacent to an activating group) is 1. The van der Waals surface area contributed by atoms with Crippen LogP contribution < -0.4 is 15.0 Å². The Balaban J connectivity index is 2.26. The molecule has 0 spiro atoms. The van der Waals surface area contributed by atoms with Gasteiger partial charge in [-0.3, -0.25) is 4.98 Å². The molecule has 1 aliphatic heterocycles. The van der Waals surface area contributed by atoms with Crippen molar-refractivity contribution in [2.45, 2.75) is 19.4 Å². The highest BCUT2D eigenvalue weighted by molar-refractivity contribution is 5.58. The second-order valence-corrected chi connectivity index (χ2v) is 4.26. The van der Waals surface area contributed by atoms with Gasteiger partial charge in [-0.05, 0) is 26.0 Å². The summed E-state index contributed by atoms with van der Waals surface area (Å²) in [5.74, 6) is 0.847. The van der Waals surface area contributed by atoms with Gasteiger partial charge >= 0.3 is 0 Å². The Morgan fingerprint density at radius 2 is 2.38 bits per heavy atom. The zero-order valence-corrected chi connectivity index (χ0v) is 10.2. The molecule has 2 rings (SSSR count). The average molecular weight is 221 g/mol. The van der Waals surface area contributed by atoms with Crippen LogP contribution in [0.1, 0.15) is 12.1 Å². The van der Waals surface area contributed by atoms with Crippen LogP contribution in [0.5, 0.6) is 5.75 Å². The highest BCUT2D eigenvalue weighted by Gasteiger charge is 2.21. The standard InChI is InChI=1S/C12H19N3O/c1-9-6-11(12(16-3)8-14-9)15(2)10-4-5-13-7-10/h6,8,10,13H,4-5,7H2,1-3H3. The quantitative estimate of drug-likeness (QED) is 0.832. The number of pyridine rings is 1. The van der Waals surface area contributed by atoms with Gasteiger partial charge in [0.1, 0.15) is 0 Å². The third-order valence-electron chi connectivity index (χ3n) is 3.17. The molecule has 1 fully saturated rings. The minimum absolute atomic E-state index is 0.552. The van der Waals surface area contributed by atoms with E-state index in [-0.39, 0.29) is 0 Å². The summed E-state index contributed by atoms with van der Waals surface area (Å²) in [6.07, 6.45) is 2.98. The first-order valence-corrected chi connectivity index (χ1v) is 5.66. The van der Waals surface area contributed by atoms with Gasteiger partial charge in [0.25, 0.3) is 0 Å². The van der Waals surface area contributed by atoms with Crippen molar-refractivity contribution >= 4 is 5.69 Å². The molecule has 1 aromatic heterocycles. The van der Waals surface area contributed by atoms with Crippen LogP contribution in [0.25, 0.3) is 0 Å². The third-order valence-corrected chi connectivity index (χ3v) is 3.17. The largest absolute Gasteiger partial charge is 0.493 e. The molecule has 16 heavy (non-hydrogen) atoms. The van der Waals surface area contributed by atoms with E-state index < -0.39 is 0 Å². The summed E-state index contributed by atoms with van der Waals surface area (Å²) < 4.78 is 5.36. The highest BCUT2D eigenvalue weighted by atomic mass is 16.5. The SMILES string of the molecule is COc1cnc(C)cc1N(C)C1CCNC1. The zero-order valence-electron chi connectivity index (χ0n) is 10.2. The van der Waals surface area contributed by atoms with Crippen LogP contribution in [-0.4, -0.2) is 38.3 Å². The minimum Gasteiger partial charge on any atom is -0.493 e. The van der Waals surface area contributed by atoms with Crippen molar-refractivity contribution in [1.82, 2.24) is 10.3 Å². The van der Waals surface area contributed by atoms with Crippen LogP contribution in [0.2, 0.25) is 0 Å². The van der Waals surface area contributed by atoms with Crippen LogP contribution in [0.4, 0.5) is 5.69 Å². The van der Waals surface area contributed by atoms with Gasteiger partial charge in [0.2, 0.25) is 0 Å². The molecule has 0 radical (unpaired) electrons. The number of anilines is 1. The fraction of sp³-hybridized carbons (Fsp3) is 0.583. The first-order valence-electron chi connectivity index (χ1n) is 5.66. The van der Waals surface area contributed by atoms with E-state index in [1.165, 1.54) is 6.42 Å². The van der Waals surface area contributed by atoms with E-state index in [9.17, 15) is 0 Å². The van der Waals surface area contributed by atoms with Gasteiger partial charge in [0.05, 0.1) is 19.0 Å². The molecule has 2 heterocycles. The lowest BCUT2D eigenvalue weighted by Crippen LogP contribution is -2.33. The lowest BCUT2D eigenvalue weighted by molar-refractivity contribution is 0.411. The summed E-state index contributed by atoms with van der Waals surface area (Å²) in [6, 6.07) is 2.63. The molecule has 1 unspecified atom stereocenters. The Kier molecular flexibility index (Phi) is 3.29. The van der Waals surface area contributed by atoms with Crippen molar-refractivity contribution in [1.29, 1.82) is 0 Å². The predicted molar refractivity (Wildman–Crippen MR) is 65.2 cm³/mol. The Bertz CT molecular complexity index is 361. The summed E-state index contributed by atoms with van der Waals surface area (Å²) in [7, 11) is 3.81. The number of aryl methyl sites for hydroxylation is 1. The van der Waals surface area contributed by atoms with Crippen LogP contribution >= 0.6 is 0 Å². The average Bonchev–Trinajstić information content (AvgIpc) is 2.81. The summed E-state index contributed by atoms with van der Waals surface area (Å²) in [4.78, 5) is 6.54. The Morgan fingerprint density at radius 1 is 1.56 bits per heavy atom. The Hall–Kier alpha value is -1.29. The molecular formula is C12H19N3O. The maximum Gasteiger partial charge on any atom is 0.160 e. The molecule has 1 aromatic rings. The topological polar surface area (TPSA) is 37.4 Å². The second-order valence-electron chi connectivity index (χ2n) is 4.26. The normalized spacial score (nSPS) is 19.8. The Morgan fingerprint density at radius 3 is 3.00 bits per heavy atom. The van der Waals surface area contributed by atoms with Gasteiger partial charge in [-0.25, -0.2) is 0 Å². The molecule has 1 aliphatic rings. The van der Waals surface area contributed by atoms with Gasteiger partial charge in [0.15, 0.2) is 5.75 Å². The van der Waals surface area contributed by atoms with E-state index in [2.05, 4.69) is 28.3 Å². The highest BCUT2D eigenvalue weighted by Crippen LogP contribution is 2.29. The molecule has 1 atom stereocenters. The molecule has 0 bridgehead atoms. The fourth-order valence-corrected chi connectivity index (χ4v) is 2.13. The molecule has 1 N–H and O–H groups in total. The van der Waals surface area contributed by atoms with Crippen molar-refractivity contribution in [3.63, 3.8) is 0 Å². The second kappa shape index (κ2) is 4.70. The summed E-state index contributed by atoms with van der Waals surface area (Å²) in [5.41, 5.74) is 2.15. The Labute approximate surface area is 96.6 Å². The van der Waals surface area contributed by atoms with Gasteiger partial charge < -0.3 is 15.0 Å². The van der Waals surface area contributed by atoms with Gasteiger partial charge in [-0.1, -0.05) is 0 Å². The monoisotopic (exact) mass is 221 g/mol. The number of nitrogens with zero attached hydrogens (tertiary/aromatic N) is 2. The molecule has 0 aromatic carbocycles. The predicted octanol–water partition coefficient (Wildman–Crippen LogP) is 1.20. The van der Waals surface area contributed by atoms with Gasteiger partial charge in [0, 0.05) is 25.3 Å². The van der Waals surface area contributed by atoms with Crippen LogP contribution in [0.15, 0.2) is 12.3 Å². The fourth-order valence-electron chi connectivity index (χ4n) is 2.13. The summed E-state index contributed by atoms with van der Waals surface area (Å²) in [5, 5.41) is 3.38. The lowest BCUT2D eigenvalue weighted by atomic mass is 10.2. The third kappa shape index (κ3) is 2.11. The van der Waals surface area contributed by atoms with E-state index in [0.29, 0.717) is 6.04 Å². The summed E-state index contributed by atoms with van der Waals surface area (Å²) >= 11 is 0. The molecular weight excluding hydrogens is 202 g/mol. The van der Waals surface area contributed by atoms with Crippen LogP contribution in [-0.2, 0) is 0 Å². The van der Waals surface area contributed by atoms with E-state index >= 15 is 0 Å². The van der Waals surface area contributed by atoms with Crippen LogP contribution in [0.3, 0.4) is 0 Å². The van der Waals surface area contributed by atoms with Crippen molar-refractivity contribution in [2.75, 3.05) is 32.1 Å². The van der Waals surface area contributed by atoms with Crippen LogP contribution in [0, 0.1) is 6.92 Å². The number of hydrogen-bond acceptors (Lipinski definition) is 4. The first-order chi connectivity index (χ1) is 7.72. The zero-order chi connectivity index (χ0) is 11.5. The smallest absolute Gasteiger partial charge is 0.160 e. The molecule has 0 saturated carbocycles. The van der Waals surface area contributed by atoms with Crippen molar-refractivity contribution < 1.29 is 4.74 Å². The number of ether oxygens (including phenoxy) is 1. The lowest BCUT2D eigenvalue weighted by Gasteiger charge is -2.27. The van der Waals surface area contributed by atoms with E-state index in [1.807, 2.05) is 6.92 Å². The number of rotatable bonds is 3. The van der Waals surface area contributed by atoms with E-state index in [4.69, 9.17) is 4.74 Å². The van der Waals surface area contributed by atoms with Crippen molar-refractivity contribution in [2.24, 2.45) is 0 Å². The molecule has 1 saturated heterocycles. The minimum atomic E-state index is 0.552. The van der Waals surface area contributed by atoms with E-state index in [1.54, 1.807) is 13.3 Å². The number of hydrogen-bond donors (Lipinski definition) is 1. The van der Waals surface area contributed by atoms with Crippen molar-refractivity contribution in [3.05, 3.63) is 18.0 Å². The number of aromatic nitrogens is 1. The molecule has 88 valence electrons. The summed E-state index contributed by atoms with van der Waals surface area (Å²) in [6.45, 7) is 4.14.